The Morgan fingerprint density at radius 2 is 2.08 bits per heavy atom. The number of alkyl halides is 3. The summed E-state index contributed by atoms with van der Waals surface area (Å²) in [6, 6.07) is 0. The summed E-state index contributed by atoms with van der Waals surface area (Å²) in [5.74, 6) is -2.99. The number of hydrogen-bond acceptors (Lipinski definition) is 3. The highest BCUT2D eigenvalue weighted by molar-refractivity contribution is 4.83. The van der Waals surface area contributed by atoms with Crippen molar-refractivity contribution in [1.82, 2.24) is 4.90 Å². The summed E-state index contributed by atoms with van der Waals surface area (Å²) in [6.45, 7) is -0.235. The molecular weight excluding hydrogens is 175 g/mol. The first-order valence-corrected chi connectivity index (χ1v) is 3.47. The van der Waals surface area contributed by atoms with Crippen molar-refractivity contribution in [3.05, 3.63) is 0 Å². The number of hydrogen-bond donors (Lipinski definition) is 1. The van der Waals surface area contributed by atoms with Crippen LogP contribution >= 0.6 is 0 Å². The predicted octanol–water partition coefficient (Wildman–Crippen LogP) is 0.199. The lowest BCUT2D eigenvalue weighted by molar-refractivity contribution is -0.379. The van der Waals surface area contributed by atoms with Crippen LogP contribution in [0, 0.1) is 0 Å². The zero-order chi connectivity index (χ0) is 9.41. The largest absolute Gasteiger partial charge is 0.444 e. The second kappa shape index (κ2) is 2.86. The van der Waals surface area contributed by atoms with E-state index in [1.165, 1.54) is 11.9 Å². The normalized spacial score (nSPS) is 33.8. The predicted molar refractivity (Wildman–Crippen MR) is 34.5 cm³/mol. The number of rotatable bonds is 0. The SMILES string of the molecule is CN1CCOC(O)(C(F)(F)F)C1. The monoisotopic (exact) mass is 185 g/mol. The third kappa shape index (κ3) is 1.70. The fraction of sp³-hybridized carbons (Fsp3) is 1.00. The van der Waals surface area contributed by atoms with Crippen molar-refractivity contribution in [1.29, 1.82) is 0 Å². The molecule has 0 saturated carbocycles. The smallest absolute Gasteiger partial charge is 0.358 e. The maximum absolute atomic E-state index is 12.1. The molecule has 1 rings (SSSR count). The fourth-order valence-electron chi connectivity index (χ4n) is 1.03. The standard InChI is InChI=1S/C6H10F3NO2/c1-10-2-3-12-5(11,4-10)6(7,8)9/h11H,2-4H2,1H3. The van der Waals surface area contributed by atoms with E-state index in [1.54, 1.807) is 0 Å². The first kappa shape index (κ1) is 9.76. The Morgan fingerprint density at radius 3 is 2.42 bits per heavy atom. The molecule has 0 amide bonds. The van der Waals surface area contributed by atoms with E-state index in [-0.39, 0.29) is 6.61 Å². The summed E-state index contributed by atoms with van der Waals surface area (Å²) in [7, 11) is 1.50. The molecule has 6 heteroatoms. The van der Waals surface area contributed by atoms with Crippen LogP contribution in [0.5, 0.6) is 0 Å². The third-order valence-corrected chi connectivity index (χ3v) is 1.74. The average molecular weight is 185 g/mol. The molecule has 0 aromatic rings. The molecule has 1 unspecified atom stereocenters. The molecule has 12 heavy (non-hydrogen) atoms. The van der Waals surface area contributed by atoms with Crippen LogP contribution in [-0.4, -0.2) is 48.7 Å². The van der Waals surface area contributed by atoms with Crippen LogP contribution in [0.3, 0.4) is 0 Å². The maximum atomic E-state index is 12.1. The molecule has 1 N–H and O–H groups in total. The van der Waals surface area contributed by atoms with Crippen molar-refractivity contribution >= 4 is 0 Å². The minimum Gasteiger partial charge on any atom is -0.358 e. The second-order valence-corrected chi connectivity index (χ2v) is 2.87. The van der Waals surface area contributed by atoms with E-state index in [2.05, 4.69) is 4.74 Å². The van der Waals surface area contributed by atoms with E-state index in [1.807, 2.05) is 0 Å². The Morgan fingerprint density at radius 1 is 1.50 bits per heavy atom. The quantitative estimate of drug-likeness (QED) is 0.585. The molecule has 1 aliphatic heterocycles. The highest BCUT2D eigenvalue weighted by atomic mass is 19.4. The van der Waals surface area contributed by atoms with Gasteiger partial charge >= 0.3 is 6.18 Å². The second-order valence-electron chi connectivity index (χ2n) is 2.87. The van der Waals surface area contributed by atoms with Crippen LogP contribution < -0.4 is 0 Å². The summed E-state index contributed by atoms with van der Waals surface area (Å²) in [4.78, 5) is 1.37. The molecule has 0 aliphatic carbocycles. The first-order chi connectivity index (χ1) is 5.35. The third-order valence-electron chi connectivity index (χ3n) is 1.74. The van der Waals surface area contributed by atoms with Crippen LogP contribution in [0.25, 0.3) is 0 Å². The Hall–Kier alpha value is -0.330. The van der Waals surface area contributed by atoms with Gasteiger partial charge in [-0.3, -0.25) is 4.90 Å². The van der Waals surface area contributed by atoms with Gasteiger partial charge in [0.25, 0.3) is 5.79 Å². The summed E-state index contributed by atoms with van der Waals surface area (Å²) < 4.78 is 40.6. The zero-order valence-electron chi connectivity index (χ0n) is 6.56. The first-order valence-electron chi connectivity index (χ1n) is 3.47. The summed E-state index contributed by atoms with van der Waals surface area (Å²) in [5.41, 5.74) is 0. The molecule has 0 bridgehead atoms. The van der Waals surface area contributed by atoms with E-state index in [0.29, 0.717) is 6.54 Å². The Bertz CT molecular complexity index is 173. The molecule has 1 fully saturated rings. The molecule has 0 aromatic carbocycles. The molecule has 1 saturated heterocycles. The average Bonchev–Trinajstić information content (AvgIpc) is 1.83. The van der Waals surface area contributed by atoms with Gasteiger partial charge in [-0.1, -0.05) is 0 Å². The highest BCUT2D eigenvalue weighted by Crippen LogP contribution is 2.33. The van der Waals surface area contributed by atoms with Crippen molar-refractivity contribution < 1.29 is 23.0 Å². The van der Waals surface area contributed by atoms with E-state index in [9.17, 15) is 13.2 Å². The number of likely N-dealkylation sites (N-methyl/N-ethyl adjacent to an activating group) is 1. The molecule has 72 valence electrons. The fourth-order valence-corrected chi connectivity index (χ4v) is 1.03. The van der Waals surface area contributed by atoms with Gasteiger partial charge in [-0.25, -0.2) is 0 Å². The molecule has 3 nitrogen and oxygen atoms in total. The number of halogens is 3. The van der Waals surface area contributed by atoms with Crippen LogP contribution in [0.2, 0.25) is 0 Å². The van der Waals surface area contributed by atoms with Crippen molar-refractivity contribution in [3.8, 4) is 0 Å². The minimum absolute atomic E-state index is 0.105. The number of aliphatic hydroxyl groups is 1. The lowest BCUT2D eigenvalue weighted by Gasteiger charge is -2.37. The number of β-amino-alcohol motifs (C(OH)–C–C–N with tert-alkyl or cyclic N) is 1. The Kier molecular flexibility index (Phi) is 2.33. The van der Waals surface area contributed by atoms with E-state index < -0.39 is 18.5 Å². The van der Waals surface area contributed by atoms with Gasteiger partial charge in [0, 0.05) is 6.54 Å². The van der Waals surface area contributed by atoms with E-state index in [0.717, 1.165) is 0 Å². The molecular formula is C6H10F3NO2. The molecule has 1 heterocycles. The minimum atomic E-state index is -4.72. The Labute approximate surface area is 67.7 Å². The van der Waals surface area contributed by atoms with Gasteiger partial charge in [0.2, 0.25) is 0 Å². The molecule has 0 spiro atoms. The zero-order valence-corrected chi connectivity index (χ0v) is 6.56. The van der Waals surface area contributed by atoms with Gasteiger partial charge < -0.3 is 9.84 Å². The van der Waals surface area contributed by atoms with E-state index >= 15 is 0 Å². The summed E-state index contributed by atoms with van der Waals surface area (Å²) in [5, 5.41) is 8.99. The summed E-state index contributed by atoms with van der Waals surface area (Å²) in [6.07, 6.45) is -4.72. The number of morpholine rings is 1. The highest BCUT2D eigenvalue weighted by Gasteiger charge is 2.57. The number of nitrogens with zero attached hydrogens (tertiary/aromatic N) is 1. The molecule has 0 aromatic heterocycles. The molecule has 1 aliphatic rings. The van der Waals surface area contributed by atoms with Crippen LogP contribution in [-0.2, 0) is 4.74 Å². The van der Waals surface area contributed by atoms with Crippen LogP contribution in [0.1, 0.15) is 0 Å². The van der Waals surface area contributed by atoms with Gasteiger partial charge in [0.05, 0.1) is 13.2 Å². The summed E-state index contributed by atoms with van der Waals surface area (Å²) >= 11 is 0. The Balaban J connectivity index is 2.70. The lowest BCUT2D eigenvalue weighted by atomic mass is 10.2. The van der Waals surface area contributed by atoms with Gasteiger partial charge in [0.15, 0.2) is 0 Å². The lowest BCUT2D eigenvalue weighted by Crippen LogP contribution is -2.59. The van der Waals surface area contributed by atoms with Crippen molar-refractivity contribution in [2.24, 2.45) is 0 Å². The molecule has 1 atom stereocenters. The van der Waals surface area contributed by atoms with Crippen molar-refractivity contribution in [2.75, 3.05) is 26.7 Å². The number of ether oxygens (including phenoxy) is 1. The van der Waals surface area contributed by atoms with Crippen molar-refractivity contribution in [2.45, 2.75) is 12.0 Å². The molecule has 0 radical (unpaired) electrons. The van der Waals surface area contributed by atoms with Crippen LogP contribution in [0.4, 0.5) is 13.2 Å². The van der Waals surface area contributed by atoms with E-state index in [4.69, 9.17) is 5.11 Å². The maximum Gasteiger partial charge on any atom is 0.444 e. The van der Waals surface area contributed by atoms with Gasteiger partial charge in [-0.15, -0.1) is 0 Å². The van der Waals surface area contributed by atoms with Gasteiger partial charge in [-0.2, -0.15) is 13.2 Å². The van der Waals surface area contributed by atoms with Crippen LogP contribution in [0.15, 0.2) is 0 Å². The van der Waals surface area contributed by atoms with Gasteiger partial charge in [0.1, 0.15) is 0 Å². The van der Waals surface area contributed by atoms with Gasteiger partial charge in [-0.05, 0) is 7.05 Å². The topological polar surface area (TPSA) is 32.7 Å². The van der Waals surface area contributed by atoms with Crippen molar-refractivity contribution in [3.63, 3.8) is 0 Å².